The highest BCUT2D eigenvalue weighted by molar-refractivity contribution is 6.30. The highest BCUT2D eigenvalue weighted by Gasteiger charge is 2.10. The van der Waals surface area contributed by atoms with Gasteiger partial charge in [0, 0.05) is 23.8 Å². The minimum Gasteiger partial charge on any atom is -0.341 e. The van der Waals surface area contributed by atoms with Crippen molar-refractivity contribution in [3.63, 3.8) is 0 Å². The predicted octanol–water partition coefficient (Wildman–Crippen LogP) is 3.77. The molecule has 0 aliphatic rings. The lowest BCUT2D eigenvalue weighted by Gasteiger charge is -2.18. The summed E-state index contributed by atoms with van der Waals surface area (Å²) in [5.41, 5.74) is 0.797. The van der Waals surface area contributed by atoms with Crippen molar-refractivity contribution < 1.29 is 0 Å². The lowest BCUT2D eigenvalue weighted by Crippen LogP contribution is -2.24. The Morgan fingerprint density at radius 1 is 1.10 bits per heavy atom. The van der Waals surface area contributed by atoms with E-state index in [1.165, 1.54) is 0 Å². The van der Waals surface area contributed by atoms with Gasteiger partial charge < -0.3 is 10.2 Å². The second-order valence-electron chi connectivity index (χ2n) is 4.04. The second kappa shape index (κ2) is 6.72. The summed E-state index contributed by atoms with van der Waals surface area (Å²) >= 11 is 11.9. The van der Waals surface area contributed by atoms with Crippen molar-refractivity contribution in [3.05, 3.63) is 34.6 Å². The van der Waals surface area contributed by atoms with Gasteiger partial charge in [0.1, 0.15) is 0 Å². The van der Waals surface area contributed by atoms with Gasteiger partial charge in [-0.15, -0.1) is 0 Å². The molecule has 0 saturated carbocycles. The van der Waals surface area contributed by atoms with Crippen LogP contribution in [0, 0.1) is 0 Å². The molecular formula is C13H15Cl2N5. The van der Waals surface area contributed by atoms with Gasteiger partial charge in [-0.3, -0.25) is 0 Å². The topological polar surface area (TPSA) is 53.9 Å². The van der Waals surface area contributed by atoms with Gasteiger partial charge in [0.2, 0.25) is 17.2 Å². The smallest absolute Gasteiger partial charge is 0.233 e. The third-order valence-corrected chi connectivity index (χ3v) is 3.13. The minimum absolute atomic E-state index is 0.159. The third kappa shape index (κ3) is 3.71. The molecule has 0 aliphatic carbocycles. The number of hydrogen-bond acceptors (Lipinski definition) is 5. The van der Waals surface area contributed by atoms with Gasteiger partial charge in [0.05, 0.1) is 0 Å². The summed E-state index contributed by atoms with van der Waals surface area (Å²) in [7, 11) is 0. The Morgan fingerprint density at radius 2 is 1.85 bits per heavy atom. The zero-order valence-electron chi connectivity index (χ0n) is 11.3. The SMILES string of the molecule is CCN(CC)c1nc(Cl)nc(Nc2cccc(Cl)c2)n1. The van der Waals surface area contributed by atoms with Crippen molar-refractivity contribution >= 4 is 40.8 Å². The molecule has 1 aromatic carbocycles. The molecule has 0 amide bonds. The first kappa shape index (κ1) is 14.8. The third-order valence-electron chi connectivity index (χ3n) is 2.72. The quantitative estimate of drug-likeness (QED) is 0.911. The molecular weight excluding hydrogens is 297 g/mol. The molecule has 106 valence electrons. The van der Waals surface area contributed by atoms with Crippen LogP contribution in [0.2, 0.25) is 10.3 Å². The molecule has 0 atom stereocenters. The fourth-order valence-electron chi connectivity index (χ4n) is 1.74. The van der Waals surface area contributed by atoms with E-state index in [2.05, 4.69) is 20.3 Å². The van der Waals surface area contributed by atoms with Gasteiger partial charge in [-0.25, -0.2) is 0 Å². The lowest BCUT2D eigenvalue weighted by atomic mass is 10.3. The van der Waals surface area contributed by atoms with Gasteiger partial charge in [-0.05, 0) is 43.6 Å². The van der Waals surface area contributed by atoms with Crippen molar-refractivity contribution in [2.75, 3.05) is 23.3 Å². The van der Waals surface area contributed by atoms with Gasteiger partial charge >= 0.3 is 0 Å². The first-order chi connectivity index (χ1) is 9.62. The summed E-state index contributed by atoms with van der Waals surface area (Å²) in [4.78, 5) is 14.6. The van der Waals surface area contributed by atoms with Crippen LogP contribution < -0.4 is 10.2 Å². The lowest BCUT2D eigenvalue weighted by molar-refractivity contribution is 0.814. The van der Waals surface area contributed by atoms with Crippen molar-refractivity contribution in [1.82, 2.24) is 15.0 Å². The van der Waals surface area contributed by atoms with E-state index in [1.54, 1.807) is 12.1 Å². The van der Waals surface area contributed by atoms with E-state index in [-0.39, 0.29) is 5.28 Å². The van der Waals surface area contributed by atoms with Gasteiger partial charge in [0.25, 0.3) is 0 Å². The maximum atomic E-state index is 5.95. The Morgan fingerprint density at radius 3 is 2.50 bits per heavy atom. The summed E-state index contributed by atoms with van der Waals surface area (Å²) in [6.45, 7) is 5.66. The fourth-order valence-corrected chi connectivity index (χ4v) is 2.08. The average molecular weight is 312 g/mol. The van der Waals surface area contributed by atoms with E-state index in [4.69, 9.17) is 23.2 Å². The predicted molar refractivity (Wildman–Crippen MR) is 83.1 cm³/mol. The molecule has 1 aromatic heterocycles. The maximum absolute atomic E-state index is 5.95. The van der Waals surface area contributed by atoms with Crippen LogP contribution in [0.4, 0.5) is 17.6 Å². The molecule has 0 radical (unpaired) electrons. The van der Waals surface area contributed by atoms with Crippen LogP contribution in [-0.4, -0.2) is 28.0 Å². The number of benzene rings is 1. The molecule has 1 heterocycles. The molecule has 0 fully saturated rings. The average Bonchev–Trinajstić information content (AvgIpc) is 2.39. The van der Waals surface area contributed by atoms with Crippen molar-refractivity contribution in [2.45, 2.75) is 13.8 Å². The zero-order chi connectivity index (χ0) is 14.5. The van der Waals surface area contributed by atoms with Gasteiger partial charge in [0.15, 0.2) is 0 Å². The number of aromatic nitrogens is 3. The van der Waals surface area contributed by atoms with Crippen LogP contribution in [0.5, 0.6) is 0 Å². The number of hydrogen-bond donors (Lipinski definition) is 1. The van der Waals surface area contributed by atoms with E-state index in [1.807, 2.05) is 30.9 Å². The number of nitrogens with zero attached hydrogens (tertiary/aromatic N) is 4. The number of nitrogens with one attached hydrogen (secondary N) is 1. The molecule has 0 unspecified atom stereocenters. The first-order valence-corrected chi connectivity index (χ1v) is 7.07. The molecule has 0 bridgehead atoms. The molecule has 1 N–H and O–H groups in total. The Hall–Kier alpha value is -1.59. The fraction of sp³-hybridized carbons (Fsp3) is 0.308. The first-order valence-electron chi connectivity index (χ1n) is 6.31. The van der Waals surface area contributed by atoms with E-state index in [0.717, 1.165) is 18.8 Å². The van der Waals surface area contributed by atoms with Crippen LogP contribution in [0.3, 0.4) is 0 Å². The summed E-state index contributed by atoms with van der Waals surface area (Å²) in [6.07, 6.45) is 0. The molecule has 0 aliphatic heterocycles. The monoisotopic (exact) mass is 311 g/mol. The highest BCUT2D eigenvalue weighted by Crippen LogP contribution is 2.20. The van der Waals surface area contributed by atoms with E-state index in [9.17, 15) is 0 Å². The summed E-state index contributed by atoms with van der Waals surface area (Å²) < 4.78 is 0. The van der Waals surface area contributed by atoms with Crippen LogP contribution in [0.25, 0.3) is 0 Å². The number of anilines is 3. The second-order valence-corrected chi connectivity index (χ2v) is 4.81. The van der Waals surface area contributed by atoms with Crippen molar-refractivity contribution in [3.8, 4) is 0 Å². The van der Waals surface area contributed by atoms with Gasteiger partial charge in [-0.1, -0.05) is 17.7 Å². The van der Waals surface area contributed by atoms with Crippen molar-refractivity contribution in [1.29, 1.82) is 0 Å². The van der Waals surface area contributed by atoms with Crippen LogP contribution in [0.1, 0.15) is 13.8 Å². The molecule has 0 spiro atoms. The Labute approximate surface area is 128 Å². The summed E-state index contributed by atoms with van der Waals surface area (Å²) in [5.74, 6) is 0.952. The van der Waals surface area contributed by atoms with E-state index < -0.39 is 0 Å². The largest absolute Gasteiger partial charge is 0.341 e. The van der Waals surface area contributed by atoms with Crippen LogP contribution in [0.15, 0.2) is 24.3 Å². The zero-order valence-corrected chi connectivity index (χ0v) is 12.8. The number of halogens is 2. The van der Waals surface area contributed by atoms with E-state index in [0.29, 0.717) is 16.9 Å². The summed E-state index contributed by atoms with van der Waals surface area (Å²) in [5, 5.41) is 3.87. The normalized spacial score (nSPS) is 10.4. The molecule has 5 nitrogen and oxygen atoms in total. The van der Waals surface area contributed by atoms with E-state index >= 15 is 0 Å². The standard InChI is InChI=1S/C13H15Cl2N5/c1-3-20(4-2)13-18-11(15)17-12(19-13)16-10-7-5-6-9(14)8-10/h5-8H,3-4H2,1-2H3,(H,16,17,18,19). The Balaban J connectivity index is 2.28. The van der Waals surface area contributed by atoms with Crippen molar-refractivity contribution in [2.24, 2.45) is 0 Å². The number of rotatable bonds is 5. The van der Waals surface area contributed by atoms with Gasteiger partial charge in [-0.2, -0.15) is 15.0 Å². The highest BCUT2D eigenvalue weighted by atomic mass is 35.5. The molecule has 7 heteroatoms. The minimum atomic E-state index is 0.159. The molecule has 2 aromatic rings. The Kier molecular flexibility index (Phi) is 4.98. The van der Waals surface area contributed by atoms with Crippen LogP contribution >= 0.6 is 23.2 Å². The molecule has 20 heavy (non-hydrogen) atoms. The molecule has 0 saturated heterocycles. The van der Waals surface area contributed by atoms with Crippen LogP contribution in [-0.2, 0) is 0 Å². The summed E-state index contributed by atoms with van der Waals surface area (Å²) in [6, 6.07) is 7.31. The molecule has 2 rings (SSSR count). The Bertz CT molecular complexity index is 587. The maximum Gasteiger partial charge on any atom is 0.233 e.